The van der Waals surface area contributed by atoms with Crippen LogP contribution in [-0.2, 0) is 0 Å². The number of amides is 1. The molecule has 26 heavy (non-hydrogen) atoms. The molecule has 5 heteroatoms. The zero-order valence-corrected chi connectivity index (χ0v) is 15.4. The molecule has 5 nitrogen and oxygen atoms in total. The molecule has 0 aliphatic heterocycles. The van der Waals surface area contributed by atoms with Crippen LogP contribution in [0, 0.1) is 13.8 Å². The highest BCUT2D eigenvalue weighted by Gasteiger charge is 2.18. The van der Waals surface area contributed by atoms with Crippen molar-refractivity contribution < 1.29 is 14.3 Å². The number of rotatable bonds is 5. The van der Waals surface area contributed by atoms with Crippen LogP contribution in [0.2, 0.25) is 0 Å². The molecular formula is C21H22N2O3. The molecule has 0 unspecified atom stereocenters. The lowest BCUT2D eigenvalue weighted by molar-refractivity contribution is 0.102. The first-order valence-corrected chi connectivity index (χ1v) is 8.33. The minimum atomic E-state index is -0.177. The van der Waals surface area contributed by atoms with E-state index in [0.717, 1.165) is 17.1 Å². The van der Waals surface area contributed by atoms with Crippen LogP contribution in [0.5, 0.6) is 11.5 Å². The number of hydrogen-bond donors (Lipinski definition) is 1. The fourth-order valence-electron chi connectivity index (χ4n) is 3.06. The number of nitrogens with one attached hydrogen (secondary N) is 1. The summed E-state index contributed by atoms with van der Waals surface area (Å²) in [5, 5.41) is 2.93. The largest absolute Gasteiger partial charge is 0.497 e. The molecule has 3 rings (SSSR count). The number of methoxy groups -OCH3 is 2. The molecule has 0 saturated carbocycles. The lowest BCUT2D eigenvalue weighted by atomic mass is 10.2. The predicted octanol–water partition coefficient (Wildman–Crippen LogP) is 4.36. The maximum absolute atomic E-state index is 12.8. The number of carbonyl (C=O) groups excluding carboxylic acids is 1. The number of ether oxygens (including phenoxy) is 2. The number of hydrogen-bond acceptors (Lipinski definition) is 3. The second-order valence-corrected chi connectivity index (χ2v) is 5.98. The van der Waals surface area contributed by atoms with Gasteiger partial charge in [0.05, 0.1) is 25.5 Å². The van der Waals surface area contributed by atoms with Crippen molar-refractivity contribution in [2.45, 2.75) is 13.8 Å². The first-order chi connectivity index (χ1) is 12.5. The van der Waals surface area contributed by atoms with E-state index in [1.807, 2.05) is 50.2 Å². The van der Waals surface area contributed by atoms with E-state index in [0.29, 0.717) is 22.7 Å². The summed E-state index contributed by atoms with van der Waals surface area (Å²) in [7, 11) is 3.15. The zero-order valence-electron chi connectivity index (χ0n) is 15.4. The standard InChI is InChI=1S/C21H22N2O3/c1-14-12-18(15(2)23(14)16-8-6-5-7-9-16)21(24)22-19-11-10-17(25-3)13-20(19)26-4/h5-13H,1-4H3,(H,22,24). The molecule has 2 aromatic carbocycles. The van der Waals surface area contributed by atoms with Gasteiger partial charge in [-0.05, 0) is 44.2 Å². The van der Waals surface area contributed by atoms with Crippen LogP contribution in [0.4, 0.5) is 5.69 Å². The fourth-order valence-corrected chi connectivity index (χ4v) is 3.06. The molecule has 0 aliphatic rings. The van der Waals surface area contributed by atoms with Crippen LogP contribution >= 0.6 is 0 Å². The fraction of sp³-hybridized carbons (Fsp3) is 0.190. The highest BCUT2D eigenvalue weighted by molar-refractivity contribution is 6.06. The van der Waals surface area contributed by atoms with Crippen molar-refractivity contribution in [3.8, 4) is 17.2 Å². The van der Waals surface area contributed by atoms with Gasteiger partial charge in [-0.15, -0.1) is 0 Å². The molecule has 0 aliphatic carbocycles. The minimum Gasteiger partial charge on any atom is -0.497 e. The van der Waals surface area contributed by atoms with Gasteiger partial charge in [0.2, 0.25) is 0 Å². The zero-order chi connectivity index (χ0) is 18.7. The second-order valence-electron chi connectivity index (χ2n) is 5.98. The summed E-state index contributed by atoms with van der Waals surface area (Å²) in [6, 6.07) is 17.2. The number of para-hydroxylation sites is 1. The Morgan fingerprint density at radius 2 is 1.69 bits per heavy atom. The monoisotopic (exact) mass is 350 g/mol. The SMILES string of the molecule is COc1ccc(NC(=O)c2cc(C)n(-c3ccccc3)c2C)c(OC)c1. The van der Waals surface area contributed by atoms with Crippen molar-refractivity contribution >= 4 is 11.6 Å². The lowest BCUT2D eigenvalue weighted by Crippen LogP contribution is -2.14. The van der Waals surface area contributed by atoms with Gasteiger partial charge < -0.3 is 19.4 Å². The van der Waals surface area contributed by atoms with Crippen LogP contribution in [0.1, 0.15) is 21.7 Å². The molecule has 0 atom stereocenters. The highest BCUT2D eigenvalue weighted by atomic mass is 16.5. The van der Waals surface area contributed by atoms with Gasteiger partial charge in [-0.3, -0.25) is 4.79 Å². The van der Waals surface area contributed by atoms with Gasteiger partial charge >= 0.3 is 0 Å². The van der Waals surface area contributed by atoms with Crippen molar-refractivity contribution in [1.29, 1.82) is 0 Å². The quantitative estimate of drug-likeness (QED) is 0.744. The normalized spacial score (nSPS) is 10.5. The van der Waals surface area contributed by atoms with Crippen molar-refractivity contribution in [2.24, 2.45) is 0 Å². The summed E-state index contributed by atoms with van der Waals surface area (Å²) < 4.78 is 12.6. The Morgan fingerprint density at radius 3 is 2.35 bits per heavy atom. The van der Waals surface area contributed by atoms with Crippen LogP contribution < -0.4 is 14.8 Å². The molecule has 0 fully saturated rings. The Bertz CT molecular complexity index is 930. The van der Waals surface area contributed by atoms with E-state index in [2.05, 4.69) is 9.88 Å². The Hall–Kier alpha value is -3.21. The Kier molecular flexibility index (Phi) is 4.98. The third-order valence-corrected chi connectivity index (χ3v) is 4.35. The van der Waals surface area contributed by atoms with Crippen molar-refractivity contribution in [3.05, 3.63) is 71.5 Å². The molecule has 1 amide bonds. The van der Waals surface area contributed by atoms with E-state index < -0.39 is 0 Å². The van der Waals surface area contributed by atoms with Crippen LogP contribution in [0.25, 0.3) is 5.69 Å². The minimum absolute atomic E-state index is 0.177. The van der Waals surface area contributed by atoms with Gasteiger partial charge in [0.1, 0.15) is 11.5 Å². The van der Waals surface area contributed by atoms with E-state index in [1.165, 1.54) is 0 Å². The third kappa shape index (κ3) is 3.28. The summed E-state index contributed by atoms with van der Waals surface area (Å²) >= 11 is 0. The van der Waals surface area contributed by atoms with E-state index in [1.54, 1.807) is 32.4 Å². The van der Waals surface area contributed by atoms with Gasteiger partial charge in [-0.25, -0.2) is 0 Å². The first kappa shape index (κ1) is 17.6. The Labute approximate surface area is 153 Å². The molecule has 1 aromatic heterocycles. The molecule has 1 heterocycles. The van der Waals surface area contributed by atoms with Gasteiger partial charge in [0, 0.05) is 23.1 Å². The smallest absolute Gasteiger partial charge is 0.257 e. The van der Waals surface area contributed by atoms with Crippen LogP contribution in [0.3, 0.4) is 0 Å². The summed E-state index contributed by atoms with van der Waals surface area (Å²) in [6.07, 6.45) is 0. The van der Waals surface area contributed by atoms with E-state index in [4.69, 9.17) is 9.47 Å². The van der Waals surface area contributed by atoms with Crippen molar-refractivity contribution in [2.75, 3.05) is 19.5 Å². The molecule has 0 bridgehead atoms. The van der Waals surface area contributed by atoms with E-state index >= 15 is 0 Å². The molecule has 3 aromatic rings. The highest BCUT2D eigenvalue weighted by Crippen LogP contribution is 2.30. The summed E-state index contributed by atoms with van der Waals surface area (Å²) in [5.74, 6) is 1.04. The summed E-state index contributed by atoms with van der Waals surface area (Å²) in [4.78, 5) is 12.8. The lowest BCUT2D eigenvalue weighted by Gasteiger charge is -2.12. The van der Waals surface area contributed by atoms with Crippen LogP contribution in [0.15, 0.2) is 54.6 Å². The van der Waals surface area contributed by atoms with Gasteiger partial charge in [0.25, 0.3) is 5.91 Å². The predicted molar refractivity (Wildman–Crippen MR) is 103 cm³/mol. The number of anilines is 1. The topological polar surface area (TPSA) is 52.5 Å². The van der Waals surface area contributed by atoms with Gasteiger partial charge in [0.15, 0.2) is 0 Å². The molecular weight excluding hydrogens is 328 g/mol. The van der Waals surface area contributed by atoms with E-state index in [-0.39, 0.29) is 5.91 Å². The number of aryl methyl sites for hydroxylation is 1. The maximum atomic E-state index is 12.8. The molecule has 134 valence electrons. The average molecular weight is 350 g/mol. The summed E-state index contributed by atoms with van der Waals surface area (Å²) in [6.45, 7) is 3.94. The average Bonchev–Trinajstić information content (AvgIpc) is 2.97. The molecule has 1 N–H and O–H groups in total. The number of nitrogens with zero attached hydrogens (tertiary/aromatic N) is 1. The van der Waals surface area contributed by atoms with Crippen molar-refractivity contribution in [3.63, 3.8) is 0 Å². The summed E-state index contributed by atoms with van der Waals surface area (Å²) in [5.41, 5.74) is 4.15. The van der Waals surface area contributed by atoms with Gasteiger partial charge in [-0.1, -0.05) is 18.2 Å². The van der Waals surface area contributed by atoms with Gasteiger partial charge in [-0.2, -0.15) is 0 Å². The molecule has 0 spiro atoms. The number of benzene rings is 2. The van der Waals surface area contributed by atoms with Crippen LogP contribution in [-0.4, -0.2) is 24.7 Å². The second kappa shape index (κ2) is 7.35. The molecule has 0 saturated heterocycles. The number of carbonyl (C=O) groups is 1. The third-order valence-electron chi connectivity index (χ3n) is 4.35. The van der Waals surface area contributed by atoms with E-state index in [9.17, 15) is 4.79 Å². The number of aromatic nitrogens is 1. The van der Waals surface area contributed by atoms with Crippen molar-refractivity contribution in [1.82, 2.24) is 4.57 Å². The molecule has 0 radical (unpaired) electrons. The first-order valence-electron chi connectivity index (χ1n) is 8.33. The Morgan fingerprint density at radius 1 is 0.962 bits per heavy atom. The Balaban J connectivity index is 1.92. The maximum Gasteiger partial charge on any atom is 0.257 e.